The van der Waals surface area contributed by atoms with Gasteiger partial charge in [-0.1, -0.05) is 18.2 Å². The summed E-state index contributed by atoms with van der Waals surface area (Å²) in [5.41, 5.74) is 0.682. The Morgan fingerprint density at radius 3 is 2.71 bits per heavy atom. The zero-order chi connectivity index (χ0) is 12.4. The van der Waals surface area contributed by atoms with Crippen LogP contribution in [0.15, 0.2) is 34.2 Å². The summed E-state index contributed by atoms with van der Waals surface area (Å²) in [4.78, 5) is 6.29. The van der Waals surface area contributed by atoms with Gasteiger partial charge >= 0.3 is 0 Å². The first-order valence-corrected chi connectivity index (χ1v) is 6.85. The van der Waals surface area contributed by atoms with Gasteiger partial charge < -0.3 is 4.90 Å². The van der Waals surface area contributed by atoms with Crippen molar-refractivity contribution in [3.63, 3.8) is 0 Å². The van der Waals surface area contributed by atoms with Crippen molar-refractivity contribution in [2.45, 2.75) is 13.0 Å². The van der Waals surface area contributed by atoms with Crippen LogP contribution in [0.25, 0.3) is 0 Å². The molecule has 0 fully saturated rings. The molecular formula is C12H12BrFN2S. The number of thiazole rings is 1. The van der Waals surface area contributed by atoms with Crippen LogP contribution >= 0.6 is 27.3 Å². The van der Waals surface area contributed by atoms with E-state index in [1.807, 2.05) is 30.3 Å². The highest BCUT2D eigenvalue weighted by Gasteiger charge is 2.17. The smallest absolute Gasteiger partial charge is 0.186 e. The van der Waals surface area contributed by atoms with Crippen molar-refractivity contribution in [3.8, 4) is 0 Å². The van der Waals surface area contributed by atoms with E-state index in [9.17, 15) is 4.39 Å². The highest BCUT2D eigenvalue weighted by molar-refractivity contribution is 9.10. The minimum absolute atomic E-state index is 0.0470. The van der Waals surface area contributed by atoms with E-state index in [1.54, 1.807) is 12.1 Å². The lowest BCUT2D eigenvalue weighted by Crippen LogP contribution is -2.22. The van der Waals surface area contributed by atoms with Crippen LogP contribution in [0.3, 0.4) is 0 Å². The van der Waals surface area contributed by atoms with Crippen LogP contribution in [0.5, 0.6) is 0 Å². The fraction of sp³-hybridized carbons (Fsp3) is 0.250. The molecule has 0 aliphatic rings. The average molecular weight is 315 g/mol. The molecule has 1 heterocycles. The van der Waals surface area contributed by atoms with Crippen molar-refractivity contribution >= 4 is 32.4 Å². The minimum atomic E-state index is -0.178. The number of halogens is 2. The third kappa shape index (κ3) is 2.66. The number of rotatable bonds is 3. The molecule has 90 valence electrons. The van der Waals surface area contributed by atoms with E-state index < -0.39 is 0 Å². The third-order valence-electron chi connectivity index (χ3n) is 2.70. The van der Waals surface area contributed by atoms with E-state index in [-0.39, 0.29) is 11.9 Å². The second-order valence-corrected chi connectivity index (χ2v) is 5.41. The van der Waals surface area contributed by atoms with Crippen molar-refractivity contribution in [3.05, 3.63) is 45.6 Å². The van der Waals surface area contributed by atoms with Crippen molar-refractivity contribution in [2.24, 2.45) is 0 Å². The molecule has 5 heteroatoms. The molecule has 17 heavy (non-hydrogen) atoms. The zero-order valence-electron chi connectivity index (χ0n) is 9.52. The third-order valence-corrected chi connectivity index (χ3v) is 4.34. The van der Waals surface area contributed by atoms with Gasteiger partial charge in [-0.15, -0.1) is 11.3 Å². The summed E-state index contributed by atoms with van der Waals surface area (Å²) in [6.07, 6.45) is 0. The van der Waals surface area contributed by atoms with Gasteiger partial charge in [-0.3, -0.25) is 0 Å². The molecule has 0 saturated heterocycles. The summed E-state index contributed by atoms with van der Waals surface area (Å²) in [5.74, 6) is -0.178. The maximum absolute atomic E-state index is 13.7. The Morgan fingerprint density at radius 1 is 1.41 bits per heavy atom. The summed E-state index contributed by atoms with van der Waals surface area (Å²) in [6, 6.07) is 6.79. The monoisotopic (exact) mass is 314 g/mol. The van der Waals surface area contributed by atoms with Gasteiger partial charge in [-0.05, 0) is 28.9 Å². The topological polar surface area (TPSA) is 16.1 Å². The summed E-state index contributed by atoms with van der Waals surface area (Å²) < 4.78 is 14.5. The number of hydrogen-bond acceptors (Lipinski definition) is 3. The fourth-order valence-corrected chi connectivity index (χ4v) is 2.89. The number of benzene rings is 1. The average Bonchev–Trinajstić information content (AvgIpc) is 2.75. The van der Waals surface area contributed by atoms with Crippen molar-refractivity contribution in [1.82, 2.24) is 4.98 Å². The Bertz CT molecular complexity index is 515. The molecule has 0 amide bonds. The molecule has 0 aliphatic carbocycles. The van der Waals surface area contributed by atoms with Crippen molar-refractivity contribution in [1.29, 1.82) is 0 Å². The first-order chi connectivity index (χ1) is 8.09. The molecule has 0 saturated carbocycles. The summed E-state index contributed by atoms with van der Waals surface area (Å²) >= 11 is 4.85. The maximum Gasteiger partial charge on any atom is 0.186 e. The van der Waals surface area contributed by atoms with Crippen LogP contribution in [0.1, 0.15) is 18.5 Å². The molecule has 0 spiro atoms. The van der Waals surface area contributed by atoms with Crippen LogP contribution in [0.2, 0.25) is 0 Å². The predicted octanol–water partition coefficient (Wildman–Crippen LogP) is 4.24. The van der Waals surface area contributed by atoms with Crippen LogP contribution in [0, 0.1) is 5.82 Å². The van der Waals surface area contributed by atoms with Gasteiger partial charge in [0.05, 0.1) is 6.04 Å². The normalized spacial score (nSPS) is 12.5. The van der Waals surface area contributed by atoms with E-state index in [4.69, 9.17) is 0 Å². The number of aromatic nitrogens is 1. The second kappa shape index (κ2) is 5.14. The van der Waals surface area contributed by atoms with Crippen molar-refractivity contribution in [2.75, 3.05) is 11.9 Å². The quantitative estimate of drug-likeness (QED) is 0.842. The fourth-order valence-electron chi connectivity index (χ4n) is 1.60. The van der Waals surface area contributed by atoms with Gasteiger partial charge in [0.2, 0.25) is 0 Å². The number of nitrogens with zero attached hydrogens (tertiary/aromatic N) is 2. The van der Waals surface area contributed by atoms with Gasteiger partial charge in [0.25, 0.3) is 0 Å². The zero-order valence-corrected chi connectivity index (χ0v) is 11.9. The lowest BCUT2D eigenvalue weighted by Gasteiger charge is -2.24. The molecule has 1 unspecified atom stereocenters. The van der Waals surface area contributed by atoms with Gasteiger partial charge in [0.15, 0.2) is 5.13 Å². The highest BCUT2D eigenvalue weighted by atomic mass is 79.9. The molecule has 1 atom stereocenters. The van der Waals surface area contributed by atoms with E-state index in [1.165, 1.54) is 17.4 Å². The summed E-state index contributed by atoms with van der Waals surface area (Å²) in [7, 11) is 1.92. The summed E-state index contributed by atoms with van der Waals surface area (Å²) in [5, 5.41) is 2.78. The first kappa shape index (κ1) is 12.5. The molecule has 1 aromatic heterocycles. The largest absolute Gasteiger partial charge is 0.344 e. The Morgan fingerprint density at radius 2 is 2.12 bits per heavy atom. The Labute approximate surface area is 112 Å². The van der Waals surface area contributed by atoms with Gasteiger partial charge in [0.1, 0.15) is 10.4 Å². The molecule has 2 aromatic rings. The molecular weight excluding hydrogens is 303 g/mol. The van der Waals surface area contributed by atoms with Gasteiger partial charge in [-0.25, -0.2) is 9.37 Å². The van der Waals surface area contributed by atoms with E-state index >= 15 is 0 Å². The summed E-state index contributed by atoms with van der Waals surface area (Å²) in [6.45, 7) is 1.97. The molecule has 0 aliphatic heterocycles. The predicted molar refractivity (Wildman–Crippen MR) is 73.0 cm³/mol. The molecule has 0 bridgehead atoms. The first-order valence-electron chi connectivity index (χ1n) is 5.18. The minimum Gasteiger partial charge on any atom is -0.344 e. The number of anilines is 1. The van der Waals surface area contributed by atoms with Crippen LogP contribution in [-0.2, 0) is 0 Å². The van der Waals surface area contributed by atoms with Crippen molar-refractivity contribution < 1.29 is 4.39 Å². The van der Waals surface area contributed by atoms with Gasteiger partial charge in [0, 0.05) is 18.0 Å². The maximum atomic E-state index is 13.7. The molecule has 0 N–H and O–H groups in total. The number of hydrogen-bond donors (Lipinski definition) is 0. The van der Waals surface area contributed by atoms with E-state index in [0.717, 1.165) is 9.73 Å². The molecule has 2 nitrogen and oxygen atoms in total. The van der Waals surface area contributed by atoms with E-state index in [2.05, 4.69) is 20.9 Å². The van der Waals surface area contributed by atoms with Crippen LogP contribution in [0.4, 0.5) is 9.52 Å². The Balaban J connectivity index is 2.26. The Kier molecular flexibility index (Phi) is 3.79. The lowest BCUT2D eigenvalue weighted by molar-refractivity contribution is 0.585. The highest BCUT2D eigenvalue weighted by Crippen LogP contribution is 2.30. The second-order valence-electron chi connectivity index (χ2n) is 3.76. The Hall–Kier alpha value is -0.940. The molecule has 0 radical (unpaired) electrons. The molecule has 2 rings (SSSR count). The van der Waals surface area contributed by atoms with Gasteiger partial charge in [-0.2, -0.15) is 0 Å². The van der Waals surface area contributed by atoms with Crippen LogP contribution < -0.4 is 4.90 Å². The van der Waals surface area contributed by atoms with Crippen LogP contribution in [-0.4, -0.2) is 12.0 Å². The lowest BCUT2D eigenvalue weighted by atomic mass is 10.1. The van der Waals surface area contributed by atoms with E-state index in [0.29, 0.717) is 5.56 Å². The SMILES string of the molecule is CC(c1ccccc1F)N(C)c1nc(Br)cs1. The standard InChI is InChI=1S/C12H12BrFN2S/c1-8(9-5-3-4-6-10(9)14)16(2)12-15-11(13)7-17-12/h3-8H,1-2H3. The molecule has 1 aromatic carbocycles.